The van der Waals surface area contributed by atoms with Crippen molar-refractivity contribution in [1.82, 2.24) is 29.0 Å². The topological polar surface area (TPSA) is 163 Å². The van der Waals surface area contributed by atoms with Crippen LogP contribution in [0.5, 0.6) is 5.75 Å². The summed E-state index contributed by atoms with van der Waals surface area (Å²) in [5.74, 6) is 1.17. The molecular formula is C30H36FN9O4S. The molecule has 0 amide bonds. The van der Waals surface area contributed by atoms with Gasteiger partial charge in [-0.2, -0.15) is 9.50 Å². The van der Waals surface area contributed by atoms with Crippen LogP contribution in [0.15, 0.2) is 45.8 Å². The second-order valence-electron chi connectivity index (χ2n) is 11.4. The fourth-order valence-corrected chi connectivity index (χ4v) is 6.33. The van der Waals surface area contributed by atoms with Gasteiger partial charge < -0.3 is 25.5 Å². The lowest BCUT2D eigenvalue weighted by Gasteiger charge is -2.36. The SMILES string of the molecule is CC(C)[C@H](N)C(=O)CCCOc1ccc(N2CCN(CCn3c(=O)sc4c3nc(N)n3nc(-c5ccco5)nc43)CC2)c(F)c1. The average Bonchev–Trinajstić information content (AvgIpc) is 3.78. The molecule has 1 aromatic carbocycles. The Labute approximate surface area is 262 Å². The molecule has 1 aliphatic heterocycles. The summed E-state index contributed by atoms with van der Waals surface area (Å²) in [5, 5.41) is 4.40. The Morgan fingerprint density at radius 2 is 1.93 bits per heavy atom. The van der Waals surface area contributed by atoms with Gasteiger partial charge in [-0.25, -0.2) is 9.37 Å². The monoisotopic (exact) mass is 637 g/mol. The number of Topliss-reactive ketones (excluding diaryl/α,β-unsaturated/α-hetero) is 1. The molecule has 1 saturated heterocycles. The highest BCUT2D eigenvalue weighted by Gasteiger charge is 2.23. The second-order valence-corrected chi connectivity index (χ2v) is 12.4. The van der Waals surface area contributed by atoms with Crippen molar-refractivity contribution in [2.75, 3.05) is 50.0 Å². The molecule has 4 N–H and O–H groups in total. The van der Waals surface area contributed by atoms with Gasteiger partial charge in [-0.1, -0.05) is 25.2 Å². The first kappa shape index (κ1) is 30.7. The number of nitrogens with zero attached hydrogens (tertiary/aromatic N) is 7. The Kier molecular flexibility index (Phi) is 8.83. The Morgan fingerprint density at radius 3 is 2.64 bits per heavy atom. The first-order valence-electron chi connectivity index (χ1n) is 15.0. The quantitative estimate of drug-likeness (QED) is 0.193. The molecular weight excluding hydrogens is 601 g/mol. The number of hydrogen-bond donors (Lipinski definition) is 2. The van der Waals surface area contributed by atoms with Gasteiger partial charge in [-0.15, -0.1) is 5.10 Å². The lowest BCUT2D eigenvalue weighted by molar-refractivity contribution is -0.121. The van der Waals surface area contributed by atoms with Crippen LogP contribution in [-0.2, 0) is 11.3 Å². The third-order valence-electron chi connectivity index (χ3n) is 8.06. The van der Waals surface area contributed by atoms with Crippen molar-refractivity contribution in [2.24, 2.45) is 11.7 Å². The maximum Gasteiger partial charge on any atom is 0.309 e. The average molecular weight is 638 g/mol. The molecule has 45 heavy (non-hydrogen) atoms. The van der Waals surface area contributed by atoms with Crippen LogP contribution in [0.2, 0.25) is 0 Å². The van der Waals surface area contributed by atoms with Gasteiger partial charge in [0, 0.05) is 51.8 Å². The summed E-state index contributed by atoms with van der Waals surface area (Å²) in [4.78, 5) is 38.2. The third kappa shape index (κ3) is 6.41. The number of furan rings is 1. The zero-order chi connectivity index (χ0) is 31.7. The van der Waals surface area contributed by atoms with Gasteiger partial charge in [0.15, 0.2) is 17.1 Å². The molecule has 4 aromatic heterocycles. The summed E-state index contributed by atoms with van der Waals surface area (Å²) in [6.07, 6.45) is 2.40. The maximum absolute atomic E-state index is 15.0. The molecule has 0 bridgehead atoms. The fourth-order valence-electron chi connectivity index (χ4n) is 5.40. The molecule has 15 heteroatoms. The third-order valence-corrected chi connectivity index (χ3v) is 9.02. The van der Waals surface area contributed by atoms with Crippen LogP contribution >= 0.6 is 11.3 Å². The summed E-state index contributed by atoms with van der Waals surface area (Å²) in [5.41, 5.74) is 13.5. The van der Waals surface area contributed by atoms with Crippen LogP contribution in [0.25, 0.3) is 27.6 Å². The maximum atomic E-state index is 15.0. The Bertz CT molecular complexity index is 1860. The van der Waals surface area contributed by atoms with E-state index in [1.54, 1.807) is 28.8 Å². The van der Waals surface area contributed by atoms with Crippen molar-refractivity contribution < 1.29 is 18.3 Å². The summed E-state index contributed by atoms with van der Waals surface area (Å²) in [7, 11) is 0. The number of nitrogens with two attached hydrogens (primary N) is 2. The molecule has 5 aromatic rings. The molecule has 5 heterocycles. The summed E-state index contributed by atoms with van der Waals surface area (Å²) in [6, 6.07) is 7.90. The number of rotatable bonds is 12. The number of piperazine rings is 1. The first-order valence-corrected chi connectivity index (χ1v) is 15.8. The van der Waals surface area contributed by atoms with E-state index in [-0.39, 0.29) is 28.3 Å². The van der Waals surface area contributed by atoms with Gasteiger partial charge >= 0.3 is 4.87 Å². The zero-order valence-corrected chi connectivity index (χ0v) is 26.0. The largest absolute Gasteiger partial charge is 0.493 e. The van der Waals surface area contributed by atoms with Gasteiger partial charge in [-0.05, 0) is 36.6 Å². The molecule has 1 atom stereocenters. The van der Waals surface area contributed by atoms with E-state index in [2.05, 4.69) is 20.0 Å². The lowest BCUT2D eigenvalue weighted by Crippen LogP contribution is -2.47. The van der Waals surface area contributed by atoms with E-state index in [1.807, 2.05) is 18.7 Å². The van der Waals surface area contributed by atoms with Crippen LogP contribution < -0.4 is 26.0 Å². The van der Waals surface area contributed by atoms with Gasteiger partial charge in [0.25, 0.3) is 0 Å². The van der Waals surface area contributed by atoms with Crippen molar-refractivity contribution in [3.63, 3.8) is 0 Å². The summed E-state index contributed by atoms with van der Waals surface area (Å²) >= 11 is 1.06. The minimum atomic E-state index is -0.467. The molecule has 0 radical (unpaired) electrons. The normalized spacial score (nSPS) is 15.0. The van der Waals surface area contributed by atoms with Gasteiger partial charge in [0.05, 0.1) is 24.6 Å². The standard InChI is InChI=1S/C30H36FN9O4S/c1-18(2)24(32)22(41)5-3-15-43-19-7-8-21(20(31)17-19)38-12-9-37(10-13-38)11-14-39-27-25(45-30(39)42)28-34-26(23-6-4-16-44-23)36-40(28)29(33)35-27/h4,6-8,16-18,24H,3,5,9-15,32H2,1-2H3,(H2,33,35)/t24-/m0/s1. The van der Waals surface area contributed by atoms with Crippen LogP contribution in [0, 0.1) is 11.7 Å². The van der Waals surface area contributed by atoms with Crippen molar-refractivity contribution in [1.29, 1.82) is 0 Å². The molecule has 6 rings (SSSR count). The number of anilines is 2. The van der Waals surface area contributed by atoms with E-state index >= 15 is 4.39 Å². The van der Waals surface area contributed by atoms with Crippen molar-refractivity contribution in [3.05, 3.63) is 52.1 Å². The van der Waals surface area contributed by atoms with Crippen molar-refractivity contribution in [3.8, 4) is 17.3 Å². The fraction of sp³-hybridized carbons (Fsp3) is 0.433. The van der Waals surface area contributed by atoms with Gasteiger partial charge in [0.1, 0.15) is 22.0 Å². The van der Waals surface area contributed by atoms with Crippen LogP contribution in [0.4, 0.5) is 16.0 Å². The number of thiazole rings is 1. The number of aromatic nitrogens is 5. The highest BCUT2D eigenvalue weighted by atomic mass is 32.1. The number of carbonyl (C=O) groups is 1. The lowest BCUT2D eigenvalue weighted by atomic mass is 9.98. The number of nitrogen functional groups attached to an aromatic ring is 1. The Balaban J connectivity index is 1.03. The van der Waals surface area contributed by atoms with Crippen LogP contribution in [0.1, 0.15) is 26.7 Å². The van der Waals surface area contributed by atoms with E-state index in [0.29, 0.717) is 97.7 Å². The van der Waals surface area contributed by atoms with Crippen LogP contribution in [0.3, 0.4) is 0 Å². The molecule has 1 aliphatic rings. The summed E-state index contributed by atoms with van der Waals surface area (Å²) in [6.45, 7) is 7.88. The van der Waals surface area contributed by atoms with E-state index in [1.165, 1.54) is 16.8 Å². The molecule has 13 nitrogen and oxygen atoms in total. The highest BCUT2D eigenvalue weighted by molar-refractivity contribution is 7.17. The number of ether oxygens (including phenoxy) is 1. The number of benzene rings is 1. The van der Waals surface area contributed by atoms with Crippen molar-refractivity contribution >= 4 is 44.8 Å². The number of carbonyl (C=O) groups excluding carboxylic acids is 1. The summed E-state index contributed by atoms with van der Waals surface area (Å²) < 4.78 is 29.8. The predicted octanol–water partition coefficient (Wildman–Crippen LogP) is 3.02. The van der Waals surface area contributed by atoms with Crippen LogP contribution in [-0.4, -0.2) is 80.2 Å². The van der Waals surface area contributed by atoms with Crippen molar-refractivity contribution in [2.45, 2.75) is 39.3 Å². The van der Waals surface area contributed by atoms with E-state index in [9.17, 15) is 9.59 Å². The van der Waals surface area contributed by atoms with E-state index < -0.39 is 6.04 Å². The van der Waals surface area contributed by atoms with Gasteiger partial charge in [-0.3, -0.25) is 19.1 Å². The number of hydrogen-bond acceptors (Lipinski definition) is 12. The minimum Gasteiger partial charge on any atom is -0.493 e. The molecule has 0 saturated carbocycles. The minimum absolute atomic E-state index is 0.0137. The molecule has 0 aliphatic carbocycles. The van der Waals surface area contributed by atoms with E-state index in [4.69, 9.17) is 20.6 Å². The number of fused-ring (bicyclic) bond motifs is 3. The molecule has 238 valence electrons. The molecule has 1 fully saturated rings. The van der Waals surface area contributed by atoms with E-state index in [0.717, 1.165) is 11.3 Å². The smallest absolute Gasteiger partial charge is 0.309 e. The highest BCUT2D eigenvalue weighted by Crippen LogP contribution is 2.27. The molecule has 0 spiro atoms. The Hall–Kier alpha value is -4.34. The Morgan fingerprint density at radius 1 is 1.13 bits per heavy atom. The zero-order valence-electron chi connectivity index (χ0n) is 25.2. The number of halogens is 1. The molecule has 0 unspecified atom stereocenters. The van der Waals surface area contributed by atoms with Gasteiger partial charge in [0.2, 0.25) is 11.8 Å². The predicted molar refractivity (Wildman–Crippen MR) is 170 cm³/mol. The first-order chi connectivity index (χ1) is 21.7. The number of ketones is 1. The second kappa shape index (κ2) is 12.9.